The fourth-order valence-electron chi connectivity index (χ4n) is 3.17. The number of phenolic OH excluding ortho intramolecular Hbond substituents is 1. The molecule has 1 aliphatic rings. The van der Waals surface area contributed by atoms with Crippen molar-refractivity contribution < 1.29 is 9.84 Å². The number of ether oxygens (including phenoxy) is 1. The van der Waals surface area contributed by atoms with E-state index in [1.807, 2.05) is 36.4 Å². The highest BCUT2D eigenvalue weighted by Crippen LogP contribution is 2.49. The Balaban J connectivity index is 2.12. The van der Waals surface area contributed by atoms with Crippen LogP contribution in [0.3, 0.4) is 0 Å². The molecular weight excluding hydrogens is 302 g/mol. The molecule has 0 amide bonds. The SMILES string of the molecule is N#CC1=C(N)Oc2c(O)cc3ccncc3c2[C@H]1c1ccccc1. The van der Waals surface area contributed by atoms with Crippen LogP contribution in [-0.4, -0.2) is 10.1 Å². The smallest absolute Gasteiger partial charge is 0.205 e. The predicted octanol–water partition coefficient (Wildman–Crippen LogP) is 3.16. The highest BCUT2D eigenvalue weighted by molar-refractivity contribution is 5.91. The molecule has 5 heteroatoms. The fraction of sp³-hybridized carbons (Fsp3) is 0.0526. The van der Waals surface area contributed by atoms with Crippen LogP contribution >= 0.6 is 0 Å². The summed E-state index contributed by atoms with van der Waals surface area (Å²) in [6.07, 6.45) is 3.37. The molecule has 3 N–H and O–H groups in total. The number of allylic oxidation sites excluding steroid dienone is 1. The van der Waals surface area contributed by atoms with Gasteiger partial charge in [-0.2, -0.15) is 5.26 Å². The molecule has 0 unspecified atom stereocenters. The Morgan fingerprint density at radius 2 is 2.00 bits per heavy atom. The van der Waals surface area contributed by atoms with Gasteiger partial charge in [0.2, 0.25) is 5.88 Å². The second-order valence-corrected chi connectivity index (χ2v) is 5.57. The molecule has 1 aliphatic heterocycles. The normalized spacial score (nSPS) is 16.4. The van der Waals surface area contributed by atoms with Crippen LogP contribution in [0.2, 0.25) is 0 Å². The summed E-state index contributed by atoms with van der Waals surface area (Å²) in [4.78, 5) is 4.18. The number of nitriles is 1. The number of pyridine rings is 1. The summed E-state index contributed by atoms with van der Waals surface area (Å²) in [6.45, 7) is 0. The van der Waals surface area contributed by atoms with Gasteiger partial charge in [-0.1, -0.05) is 30.3 Å². The molecule has 24 heavy (non-hydrogen) atoms. The molecule has 1 atom stereocenters. The molecular formula is C19H13N3O2. The summed E-state index contributed by atoms with van der Waals surface area (Å²) in [5.74, 6) is -0.137. The molecule has 2 aromatic carbocycles. The third-order valence-corrected chi connectivity index (χ3v) is 4.22. The molecule has 3 aromatic rings. The Morgan fingerprint density at radius 3 is 2.75 bits per heavy atom. The zero-order valence-corrected chi connectivity index (χ0v) is 12.6. The maximum absolute atomic E-state index is 10.4. The first kappa shape index (κ1) is 14.1. The first-order valence-corrected chi connectivity index (χ1v) is 7.43. The van der Waals surface area contributed by atoms with Gasteiger partial charge in [-0.3, -0.25) is 4.98 Å². The summed E-state index contributed by atoms with van der Waals surface area (Å²) >= 11 is 0. The van der Waals surface area contributed by atoms with Gasteiger partial charge in [-0.25, -0.2) is 0 Å². The van der Waals surface area contributed by atoms with E-state index in [-0.39, 0.29) is 17.4 Å². The van der Waals surface area contributed by atoms with Crippen molar-refractivity contribution in [2.75, 3.05) is 0 Å². The molecule has 0 spiro atoms. The largest absolute Gasteiger partial charge is 0.504 e. The average molecular weight is 315 g/mol. The van der Waals surface area contributed by atoms with E-state index in [2.05, 4.69) is 11.1 Å². The quantitative estimate of drug-likeness (QED) is 0.719. The van der Waals surface area contributed by atoms with Crippen LogP contribution in [0.4, 0.5) is 0 Å². The number of nitrogens with two attached hydrogens (primary N) is 1. The Bertz CT molecular complexity index is 1020. The maximum Gasteiger partial charge on any atom is 0.205 e. The van der Waals surface area contributed by atoms with E-state index in [0.29, 0.717) is 11.1 Å². The van der Waals surface area contributed by atoms with E-state index >= 15 is 0 Å². The van der Waals surface area contributed by atoms with E-state index in [0.717, 1.165) is 16.3 Å². The lowest BCUT2D eigenvalue weighted by atomic mass is 9.81. The van der Waals surface area contributed by atoms with Gasteiger partial charge in [-0.15, -0.1) is 0 Å². The number of phenols is 1. The molecule has 0 saturated carbocycles. The van der Waals surface area contributed by atoms with Crippen LogP contribution in [-0.2, 0) is 0 Å². The van der Waals surface area contributed by atoms with Crippen molar-refractivity contribution in [3.05, 3.63) is 77.4 Å². The lowest BCUT2D eigenvalue weighted by Gasteiger charge is -2.28. The summed E-state index contributed by atoms with van der Waals surface area (Å²) in [7, 11) is 0. The number of hydrogen-bond donors (Lipinski definition) is 2. The Morgan fingerprint density at radius 1 is 1.21 bits per heavy atom. The first-order chi connectivity index (χ1) is 11.7. The van der Waals surface area contributed by atoms with Crippen LogP contribution in [0.5, 0.6) is 11.5 Å². The number of aromatic hydroxyl groups is 1. The zero-order chi connectivity index (χ0) is 16.7. The summed E-state index contributed by atoms with van der Waals surface area (Å²) in [6, 6.07) is 15.1. The fourth-order valence-corrected chi connectivity index (χ4v) is 3.17. The Hall–Kier alpha value is -3.52. The summed E-state index contributed by atoms with van der Waals surface area (Å²) in [5.41, 5.74) is 7.88. The van der Waals surface area contributed by atoms with Crippen molar-refractivity contribution in [2.45, 2.75) is 5.92 Å². The molecule has 2 heterocycles. The third-order valence-electron chi connectivity index (χ3n) is 4.22. The van der Waals surface area contributed by atoms with E-state index in [4.69, 9.17) is 10.5 Å². The zero-order valence-electron chi connectivity index (χ0n) is 12.6. The number of fused-ring (bicyclic) bond motifs is 3. The number of rotatable bonds is 1. The minimum Gasteiger partial charge on any atom is -0.504 e. The van der Waals surface area contributed by atoms with Gasteiger partial charge in [0.1, 0.15) is 11.6 Å². The van der Waals surface area contributed by atoms with E-state index < -0.39 is 5.92 Å². The second-order valence-electron chi connectivity index (χ2n) is 5.57. The summed E-state index contributed by atoms with van der Waals surface area (Å²) in [5, 5.41) is 21.6. The van der Waals surface area contributed by atoms with Crippen LogP contribution in [0.1, 0.15) is 17.0 Å². The highest BCUT2D eigenvalue weighted by atomic mass is 16.5. The van der Waals surface area contributed by atoms with Crippen molar-refractivity contribution in [1.29, 1.82) is 5.26 Å². The molecule has 0 bridgehead atoms. The molecule has 0 aliphatic carbocycles. The number of nitrogens with zero attached hydrogens (tertiary/aromatic N) is 2. The van der Waals surface area contributed by atoms with Gasteiger partial charge in [0, 0.05) is 23.3 Å². The molecule has 5 nitrogen and oxygen atoms in total. The summed E-state index contributed by atoms with van der Waals surface area (Å²) < 4.78 is 5.58. The highest BCUT2D eigenvalue weighted by Gasteiger charge is 2.34. The van der Waals surface area contributed by atoms with Gasteiger partial charge in [0.15, 0.2) is 11.5 Å². The molecule has 0 saturated heterocycles. The van der Waals surface area contributed by atoms with Crippen molar-refractivity contribution in [3.63, 3.8) is 0 Å². The van der Waals surface area contributed by atoms with Crippen molar-refractivity contribution >= 4 is 10.8 Å². The number of aromatic nitrogens is 1. The van der Waals surface area contributed by atoms with Gasteiger partial charge >= 0.3 is 0 Å². The number of hydrogen-bond acceptors (Lipinski definition) is 5. The van der Waals surface area contributed by atoms with Crippen LogP contribution < -0.4 is 10.5 Å². The van der Waals surface area contributed by atoms with Gasteiger partial charge < -0.3 is 15.6 Å². The van der Waals surface area contributed by atoms with Gasteiger partial charge in [0.05, 0.1) is 5.92 Å². The second kappa shape index (κ2) is 5.28. The predicted molar refractivity (Wildman–Crippen MR) is 89.1 cm³/mol. The van der Waals surface area contributed by atoms with Crippen LogP contribution in [0.15, 0.2) is 66.3 Å². The van der Waals surface area contributed by atoms with E-state index in [1.165, 1.54) is 0 Å². The average Bonchev–Trinajstić information content (AvgIpc) is 2.62. The molecule has 116 valence electrons. The Kier molecular flexibility index (Phi) is 3.10. The van der Waals surface area contributed by atoms with Crippen molar-refractivity contribution in [3.8, 4) is 17.6 Å². The minimum absolute atomic E-state index is 0.00966. The molecule has 1 aromatic heterocycles. The van der Waals surface area contributed by atoms with Crippen LogP contribution in [0.25, 0.3) is 10.8 Å². The number of benzene rings is 2. The molecule has 0 fully saturated rings. The first-order valence-electron chi connectivity index (χ1n) is 7.43. The van der Waals surface area contributed by atoms with Gasteiger partial charge in [-0.05, 0) is 23.1 Å². The lowest BCUT2D eigenvalue weighted by Crippen LogP contribution is -2.21. The third kappa shape index (κ3) is 1.97. The van der Waals surface area contributed by atoms with E-state index in [1.54, 1.807) is 18.5 Å². The molecule has 4 rings (SSSR count). The standard InChI is InChI=1S/C19H13N3O2/c20-9-13-16(11-4-2-1-3-5-11)17-14-10-22-7-6-12(14)8-15(23)18(17)24-19(13)21/h1-8,10,16,23H,21H2/t16-/m0/s1. The lowest BCUT2D eigenvalue weighted by molar-refractivity contribution is 0.360. The Labute approximate surface area is 138 Å². The van der Waals surface area contributed by atoms with Crippen molar-refractivity contribution in [1.82, 2.24) is 4.98 Å². The van der Waals surface area contributed by atoms with Crippen LogP contribution in [0, 0.1) is 11.3 Å². The monoisotopic (exact) mass is 315 g/mol. The molecule has 0 radical (unpaired) electrons. The minimum atomic E-state index is -0.418. The van der Waals surface area contributed by atoms with E-state index in [9.17, 15) is 10.4 Å². The topological polar surface area (TPSA) is 92.2 Å². The maximum atomic E-state index is 10.4. The van der Waals surface area contributed by atoms with Crippen molar-refractivity contribution in [2.24, 2.45) is 5.73 Å². The van der Waals surface area contributed by atoms with Gasteiger partial charge in [0.25, 0.3) is 0 Å².